The van der Waals surface area contributed by atoms with Crippen molar-refractivity contribution in [1.82, 2.24) is 4.98 Å². The highest BCUT2D eigenvalue weighted by Gasteiger charge is 2.26. The quantitative estimate of drug-likeness (QED) is 0.705. The third-order valence-corrected chi connectivity index (χ3v) is 5.94. The van der Waals surface area contributed by atoms with Crippen LogP contribution in [0, 0.1) is 5.92 Å². The van der Waals surface area contributed by atoms with E-state index < -0.39 is 5.97 Å². The molecule has 1 unspecified atom stereocenters. The number of aromatic amines is 1. The smallest absolute Gasteiger partial charge is 0.303 e. The van der Waals surface area contributed by atoms with E-state index in [1.54, 1.807) is 0 Å². The Labute approximate surface area is 174 Å². The van der Waals surface area contributed by atoms with Crippen LogP contribution in [0.2, 0.25) is 5.02 Å². The van der Waals surface area contributed by atoms with Gasteiger partial charge in [0.25, 0.3) is 5.56 Å². The molecule has 0 radical (unpaired) electrons. The van der Waals surface area contributed by atoms with Gasteiger partial charge in [0.2, 0.25) is 0 Å². The van der Waals surface area contributed by atoms with Gasteiger partial charge in [-0.25, -0.2) is 0 Å². The molecule has 29 heavy (non-hydrogen) atoms. The molecule has 1 aromatic carbocycles. The van der Waals surface area contributed by atoms with Crippen LogP contribution in [-0.4, -0.2) is 29.3 Å². The standard InChI is InChI=1S/C23H24ClNO4/c24-20-12-17(4-3-16(20)5-8-22(26)27)19(11-14-9-10-29-13-14)21-7-6-18(15-1-2-15)23(28)25-21/h3-4,6-7,11-12,14-15H,1-2,5,8-10,13H2,(H,25,28)(H,26,27)/b19-11+. The largest absolute Gasteiger partial charge is 0.481 e. The number of hydrogen-bond acceptors (Lipinski definition) is 3. The number of carboxylic acid groups (broad SMARTS) is 1. The zero-order valence-electron chi connectivity index (χ0n) is 16.1. The molecule has 2 aliphatic rings. The van der Waals surface area contributed by atoms with Gasteiger partial charge in [0, 0.05) is 40.8 Å². The molecule has 1 saturated heterocycles. The first kappa shape index (κ1) is 19.9. The molecule has 0 spiro atoms. The minimum atomic E-state index is -0.847. The summed E-state index contributed by atoms with van der Waals surface area (Å²) < 4.78 is 5.51. The Kier molecular flexibility index (Phi) is 5.88. The summed E-state index contributed by atoms with van der Waals surface area (Å²) in [5.41, 5.74) is 4.23. The number of aliphatic carboxylic acids is 1. The Morgan fingerprint density at radius 1 is 1.24 bits per heavy atom. The Morgan fingerprint density at radius 3 is 2.69 bits per heavy atom. The van der Waals surface area contributed by atoms with Gasteiger partial charge in [0.05, 0.1) is 6.61 Å². The van der Waals surface area contributed by atoms with Crippen molar-refractivity contribution < 1.29 is 14.6 Å². The van der Waals surface area contributed by atoms with E-state index >= 15 is 0 Å². The second-order valence-corrected chi connectivity index (χ2v) is 8.24. The molecule has 2 aromatic rings. The molecule has 152 valence electrons. The van der Waals surface area contributed by atoms with Gasteiger partial charge in [-0.05, 0) is 54.9 Å². The van der Waals surface area contributed by atoms with E-state index in [1.807, 2.05) is 30.3 Å². The van der Waals surface area contributed by atoms with E-state index in [0.717, 1.165) is 53.8 Å². The SMILES string of the molecule is O=C(O)CCc1ccc(/C(=C\C2CCOC2)c2ccc(C3CC3)c(=O)[nH]2)cc1Cl. The zero-order valence-corrected chi connectivity index (χ0v) is 16.9. The molecule has 6 heteroatoms. The average molecular weight is 414 g/mol. The summed E-state index contributed by atoms with van der Waals surface area (Å²) in [6, 6.07) is 9.58. The second kappa shape index (κ2) is 8.56. The van der Waals surface area contributed by atoms with E-state index in [2.05, 4.69) is 11.1 Å². The van der Waals surface area contributed by atoms with Gasteiger partial charge >= 0.3 is 5.97 Å². The number of benzene rings is 1. The Bertz CT molecular complexity index is 1000. The first-order valence-corrected chi connectivity index (χ1v) is 10.4. The normalized spacial score (nSPS) is 19.5. The molecule has 4 rings (SSSR count). The molecule has 5 nitrogen and oxygen atoms in total. The van der Waals surface area contributed by atoms with Crippen LogP contribution in [0.5, 0.6) is 0 Å². The summed E-state index contributed by atoms with van der Waals surface area (Å²) in [6.07, 6.45) is 5.68. The molecule has 1 aromatic heterocycles. The van der Waals surface area contributed by atoms with Gasteiger partial charge in [-0.15, -0.1) is 0 Å². The van der Waals surface area contributed by atoms with Crippen LogP contribution in [0.4, 0.5) is 0 Å². The van der Waals surface area contributed by atoms with Crippen molar-refractivity contribution in [1.29, 1.82) is 0 Å². The Hall–Kier alpha value is -2.37. The van der Waals surface area contributed by atoms with Gasteiger partial charge in [0.1, 0.15) is 0 Å². The second-order valence-electron chi connectivity index (χ2n) is 7.83. The first-order valence-electron chi connectivity index (χ1n) is 10.0. The molecule has 0 bridgehead atoms. The predicted octanol–water partition coefficient (Wildman–Crippen LogP) is 4.39. The van der Waals surface area contributed by atoms with E-state index in [4.69, 9.17) is 21.4 Å². The lowest BCUT2D eigenvalue weighted by molar-refractivity contribution is -0.136. The number of ether oxygens (including phenoxy) is 1. The molecule has 2 fully saturated rings. The lowest BCUT2D eigenvalue weighted by atomic mass is 9.94. The number of aryl methyl sites for hydroxylation is 1. The summed E-state index contributed by atoms with van der Waals surface area (Å²) in [4.78, 5) is 26.5. The number of halogens is 1. The van der Waals surface area contributed by atoms with Gasteiger partial charge < -0.3 is 14.8 Å². The topological polar surface area (TPSA) is 79.4 Å². The van der Waals surface area contributed by atoms with Crippen molar-refractivity contribution in [2.24, 2.45) is 5.92 Å². The number of hydrogen-bond donors (Lipinski definition) is 2. The van der Waals surface area contributed by atoms with E-state index in [0.29, 0.717) is 24.0 Å². The highest BCUT2D eigenvalue weighted by molar-refractivity contribution is 6.31. The summed E-state index contributed by atoms with van der Waals surface area (Å²) in [5.74, 6) is -0.172. The van der Waals surface area contributed by atoms with Crippen LogP contribution in [0.1, 0.15) is 54.0 Å². The number of carboxylic acids is 1. The lowest BCUT2D eigenvalue weighted by Crippen LogP contribution is -2.14. The number of rotatable bonds is 7. The van der Waals surface area contributed by atoms with Crippen molar-refractivity contribution in [3.8, 4) is 0 Å². The molecule has 2 N–H and O–H groups in total. The number of nitrogens with one attached hydrogen (secondary N) is 1. The fourth-order valence-corrected chi connectivity index (χ4v) is 4.05. The predicted molar refractivity (Wildman–Crippen MR) is 112 cm³/mol. The summed E-state index contributed by atoms with van der Waals surface area (Å²) >= 11 is 6.45. The van der Waals surface area contributed by atoms with Crippen molar-refractivity contribution in [3.63, 3.8) is 0 Å². The van der Waals surface area contributed by atoms with Crippen LogP contribution in [0.25, 0.3) is 5.57 Å². The van der Waals surface area contributed by atoms with Crippen LogP contribution in [0.15, 0.2) is 41.2 Å². The monoisotopic (exact) mass is 413 g/mol. The first-order chi connectivity index (χ1) is 14.0. The van der Waals surface area contributed by atoms with Crippen LogP contribution >= 0.6 is 11.6 Å². The third-order valence-electron chi connectivity index (χ3n) is 5.59. The van der Waals surface area contributed by atoms with Gasteiger partial charge in [-0.2, -0.15) is 0 Å². The van der Waals surface area contributed by atoms with Crippen LogP contribution in [-0.2, 0) is 16.0 Å². The van der Waals surface area contributed by atoms with Crippen molar-refractivity contribution in [3.05, 3.63) is 74.2 Å². The Morgan fingerprint density at radius 2 is 2.07 bits per heavy atom. The lowest BCUT2D eigenvalue weighted by Gasteiger charge is -2.13. The zero-order chi connectivity index (χ0) is 20.4. The number of carbonyl (C=O) groups is 1. The van der Waals surface area contributed by atoms with Gasteiger partial charge in [-0.3, -0.25) is 9.59 Å². The molecule has 1 aliphatic carbocycles. The molecule has 0 amide bonds. The van der Waals surface area contributed by atoms with Gasteiger partial charge in [-0.1, -0.05) is 35.9 Å². The average Bonchev–Trinajstić information content (AvgIpc) is 3.40. The molecule has 1 atom stereocenters. The van der Waals surface area contributed by atoms with E-state index in [1.165, 1.54) is 0 Å². The summed E-state index contributed by atoms with van der Waals surface area (Å²) in [6.45, 7) is 1.40. The maximum absolute atomic E-state index is 12.6. The number of aromatic nitrogens is 1. The Balaban J connectivity index is 1.69. The van der Waals surface area contributed by atoms with E-state index in [-0.39, 0.29) is 17.9 Å². The molecule has 2 heterocycles. The maximum atomic E-state index is 12.6. The minimum Gasteiger partial charge on any atom is -0.481 e. The highest BCUT2D eigenvalue weighted by Crippen LogP contribution is 2.38. The highest BCUT2D eigenvalue weighted by atomic mass is 35.5. The molecular weight excluding hydrogens is 390 g/mol. The third kappa shape index (κ3) is 4.80. The van der Waals surface area contributed by atoms with Crippen LogP contribution in [0.3, 0.4) is 0 Å². The number of H-pyrrole nitrogens is 1. The fraction of sp³-hybridized carbons (Fsp3) is 0.391. The van der Waals surface area contributed by atoms with Crippen molar-refractivity contribution in [2.75, 3.05) is 13.2 Å². The van der Waals surface area contributed by atoms with Gasteiger partial charge in [0.15, 0.2) is 0 Å². The maximum Gasteiger partial charge on any atom is 0.303 e. The van der Waals surface area contributed by atoms with Crippen molar-refractivity contribution in [2.45, 2.75) is 38.0 Å². The minimum absolute atomic E-state index is 0.0252. The fourth-order valence-electron chi connectivity index (χ4n) is 3.78. The molecule has 1 saturated carbocycles. The number of pyridine rings is 1. The van der Waals surface area contributed by atoms with E-state index in [9.17, 15) is 9.59 Å². The van der Waals surface area contributed by atoms with Crippen LogP contribution < -0.4 is 5.56 Å². The molecular formula is C23H24ClNO4. The summed E-state index contributed by atoms with van der Waals surface area (Å²) in [7, 11) is 0. The summed E-state index contributed by atoms with van der Waals surface area (Å²) in [5, 5.41) is 9.45. The van der Waals surface area contributed by atoms with Crippen molar-refractivity contribution >= 4 is 23.1 Å². The molecule has 1 aliphatic heterocycles.